The maximum atomic E-state index is 12.2. The van der Waals surface area contributed by atoms with E-state index in [1.165, 1.54) is 12.1 Å². The summed E-state index contributed by atoms with van der Waals surface area (Å²) in [6, 6.07) is 2.79. The number of nitrogen functional groups attached to an aromatic ring is 1. The molecule has 0 saturated carbocycles. The monoisotopic (exact) mass is 306 g/mol. The number of nitrogens with one attached hydrogen (secondary N) is 1. The molecule has 0 unspecified atom stereocenters. The second kappa shape index (κ2) is 5.66. The van der Waals surface area contributed by atoms with Crippen LogP contribution in [0.4, 0.5) is 5.69 Å². The minimum Gasteiger partial charge on any atom is -0.397 e. The second-order valence-corrected chi connectivity index (χ2v) is 7.17. The van der Waals surface area contributed by atoms with E-state index < -0.39 is 15.6 Å². The van der Waals surface area contributed by atoms with E-state index >= 15 is 0 Å². The fraction of sp³-hybridized carbons (Fsp3) is 0.500. The molecule has 5 nitrogen and oxygen atoms in total. The normalized spacial score (nSPS) is 12.7. The summed E-state index contributed by atoms with van der Waals surface area (Å²) >= 11 is 5.91. The molecule has 19 heavy (non-hydrogen) atoms. The molecule has 0 fully saturated rings. The molecule has 1 aromatic rings. The first-order chi connectivity index (χ1) is 8.59. The summed E-state index contributed by atoms with van der Waals surface area (Å²) in [6.45, 7) is 4.99. The van der Waals surface area contributed by atoms with Gasteiger partial charge in [0, 0.05) is 12.1 Å². The van der Waals surface area contributed by atoms with Crippen molar-refractivity contribution >= 4 is 27.3 Å². The van der Waals surface area contributed by atoms with Crippen molar-refractivity contribution in [2.45, 2.75) is 37.6 Å². The number of sulfonamides is 1. The van der Waals surface area contributed by atoms with Gasteiger partial charge >= 0.3 is 0 Å². The van der Waals surface area contributed by atoms with Crippen molar-refractivity contribution in [3.63, 3.8) is 0 Å². The highest BCUT2D eigenvalue weighted by atomic mass is 35.5. The Bertz CT molecular complexity index is 547. The Labute approximate surface area is 118 Å². The molecule has 0 bridgehead atoms. The fourth-order valence-corrected chi connectivity index (χ4v) is 3.34. The molecule has 0 aromatic heterocycles. The second-order valence-electron chi connectivity index (χ2n) is 5.11. The number of hydrogen-bond donors (Lipinski definition) is 3. The van der Waals surface area contributed by atoms with Gasteiger partial charge in [-0.25, -0.2) is 13.1 Å². The van der Waals surface area contributed by atoms with Gasteiger partial charge in [-0.1, -0.05) is 11.6 Å². The lowest BCUT2D eigenvalue weighted by Gasteiger charge is -2.25. The predicted octanol–water partition coefficient (Wildman–Crippen LogP) is 1.67. The Balaban J connectivity index is 3.15. The number of aryl methyl sites for hydroxylation is 1. The number of hydrogen-bond acceptors (Lipinski definition) is 4. The minimum atomic E-state index is -3.70. The van der Waals surface area contributed by atoms with Gasteiger partial charge in [0.1, 0.15) is 0 Å². The zero-order valence-electron chi connectivity index (χ0n) is 11.2. The highest BCUT2D eigenvalue weighted by Gasteiger charge is 2.26. The summed E-state index contributed by atoms with van der Waals surface area (Å²) in [5.41, 5.74) is 5.76. The predicted molar refractivity (Wildman–Crippen MR) is 76.7 cm³/mol. The summed E-state index contributed by atoms with van der Waals surface area (Å²) in [4.78, 5) is 0.0675. The van der Waals surface area contributed by atoms with Gasteiger partial charge < -0.3 is 10.8 Å². The van der Waals surface area contributed by atoms with Crippen molar-refractivity contribution < 1.29 is 13.5 Å². The van der Waals surface area contributed by atoms with Gasteiger partial charge in [0.2, 0.25) is 10.0 Å². The van der Waals surface area contributed by atoms with Crippen LogP contribution in [-0.2, 0) is 10.0 Å². The number of aliphatic hydroxyl groups excluding tert-OH is 1. The van der Waals surface area contributed by atoms with Gasteiger partial charge in [-0.05, 0) is 44.9 Å². The third-order valence-corrected chi connectivity index (χ3v) is 4.91. The van der Waals surface area contributed by atoms with Gasteiger partial charge in [0.15, 0.2) is 0 Å². The Morgan fingerprint density at radius 3 is 2.47 bits per heavy atom. The first-order valence-corrected chi connectivity index (χ1v) is 7.65. The molecule has 0 spiro atoms. The average molecular weight is 307 g/mol. The van der Waals surface area contributed by atoms with Crippen LogP contribution < -0.4 is 10.5 Å². The molecule has 1 rings (SSSR count). The first kappa shape index (κ1) is 16.2. The summed E-state index contributed by atoms with van der Waals surface area (Å²) < 4.78 is 27.0. The van der Waals surface area contributed by atoms with Gasteiger partial charge in [-0.2, -0.15) is 0 Å². The number of benzene rings is 1. The van der Waals surface area contributed by atoms with E-state index in [1.54, 1.807) is 20.8 Å². The Morgan fingerprint density at radius 1 is 1.42 bits per heavy atom. The molecule has 0 radical (unpaired) electrons. The molecule has 0 atom stereocenters. The van der Waals surface area contributed by atoms with Crippen LogP contribution >= 0.6 is 11.6 Å². The van der Waals surface area contributed by atoms with Crippen LogP contribution in [0.5, 0.6) is 0 Å². The molecule has 0 aliphatic carbocycles. The molecule has 0 aliphatic heterocycles. The minimum absolute atomic E-state index is 0.0675. The SMILES string of the molecule is Cc1cc(S(=O)(=O)NC(C)(C)CCO)cc(N)c1Cl. The molecule has 108 valence electrons. The summed E-state index contributed by atoms with van der Waals surface area (Å²) in [6.07, 6.45) is 0.314. The summed E-state index contributed by atoms with van der Waals surface area (Å²) in [7, 11) is -3.70. The van der Waals surface area contributed by atoms with E-state index in [0.717, 1.165) is 0 Å². The van der Waals surface area contributed by atoms with Crippen molar-refractivity contribution in [3.05, 3.63) is 22.7 Å². The van der Waals surface area contributed by atoms with Crippen LogP contribution in [-0.4, -0.2) is 25.7 Å². The highest BCUT2D eigenvalue weighted by molar-refractivity contribution is 7.89. The Morgan fingerprint density at radius 2 is 2.00 bits per heavy atom. The fourth-order valence-electron chi connectivity index (χ4n) is 1.67. The third-order valence-electron chi connectivity index (χ3n) is 2.71. The van der Waals surface area contributed by atoms with Crippen LogP contribution in [0.15, 0.2) is 17.0 Å². The van der Waals surface area contributed by atoms with E-state index in [4.69, 9.17) is 22.4 Å². The lowest BCUT2D eigenvalue weighted by Crippen LogP contribution is -2.43. The maximum Gasteiger partial charge on any atom is 0.241 e. The molecule has 0 heterocycles. The summed E-state index contributed by atoms with van der Waals surface area (Å²) in [5, 5.41) is 9.28. The van der Waals surface area contributed by atoms with Gasteiger partial charge in [0.25, 0.3) is 0 Å². The first-order valence-electron chi connectivity index (χ1n) is 5.79. The average Bonchev–Trinajstić information content (AvgIpc) is 2.23. The smallest absolute Gasteiger partial charge is 0.241 e. The van der Waals surface area contributed by atoms with Gasteiger partial charge in [-0.3, -0.25) is 0 Å². The maximum absolute atomic E-state index is 12.2. The standard InChI is InChI=1S/C12H19ClN2O3S/c1-8-6-9(7-10(14)11(8)13)19(17,18)15-12(2,3)4-5-16/h6-7,15-16H,4-5,14H2,1-3H3. The lowest BCUT2D eigenvalue weighted by atomic mass is 10.0. The van der Waals surface area contributed by atoms with Crippen molar-refractivity contribution in [2.24, 2.45) is 0 Å². The number of halogens is 1. The van der Waals surface area contributed by atoms with E-state index in [-0.39, 0.29) is 17.2 Å². The third kappa shape index (κ3) is 4.07. The largest absolute Gasteiger partial charge is 0.397 e. The Hall–Kier alpha value is -0.820. The molecule has 1 aromatic carbocycles. The van der Waals surface area contributed by atoms with Gasteiger partial charge in [-0.15, -0.1) is 0 Å². The van der Waals surface area contributed by atoms with Crippen LogP contribution in [0, 0.1) is 6.92 Å². The van der Waals surface area contributed by atoms with E-state index in [1.807, 2.05) is 0 Å². The molecular formula is C12H19ClN2O3S. The number of nitrogens with two attached hydrogens (primary N) is 1. The van der Waals surface area contributed by atoms with Crippen LogP contribution in [0.25, 0.3) is 0 Å². The molecule has 0 aliphatic rings. The van der Waals surface area contributed by atoms with Crippen molar-refractivity contribution in [1.82, 2.24) is 4.72 Å². The zero-order chi connectivity index (χ0) is 14.8. The molecule has 0 saturated heterocycles. The topological polar surface area (TPSA) is 92.4 Å². The van der Waals surface area contributed by atoms with Gasteiger partial charge in [0.05, 0.1) is 15.6 Å². The zero-order valence-corrected chi connectivity index (χ0v) is 12.8. The number of anilines is 1. The number of aliphatic hydroxyl groups is 1. The van der Waals surface area contributed by atoms with Crippen LogP contribution in [0.1, 0.15) is 25.8 Å². The van der Waals surface area contributed by atoms with Crippen molar-refractivity contribution in [1.29, 1.82) is 0 Å². The molecule has 7 heteroatoms. The molecule has 0 amide bonds. The van der Waals surface area contributed by atoms with Crippen molar-refractivity contribution in [3.8, 4) is 0 Å². The Kier molecular flexibility index (Phi) is 4.84. The number of rotatable bonds is 5. The van der Waals surface area contributed by atoms with Crippen LogP contribution in [0.2, 0.25) is 5.02 Å². The molecular weight excluding hydrogens is 288 g/mol. The van der Waals surface area contributed by atoms with Crippen molar-refractivity contribution in [2.75, 3.05) is 12.3 Å². The molecule has 4 N–H and O–H groups in total. The van der Waals surface area contributed by atoms with E-state index in [0.29, 0.717) is 17.0 Å². The van der Waals surface area contributed by atoms with E-state index in [2.05, 4.69) is 4.72 Å². The van der Waals surface area contributed by atoms with E-state index in [9.17, 15) is 8.42 Å². The summed E-state index contributed by atoms with van der Waals surface area (Å²) in [5.74, 6) is 0. The van der Waals surface area contributed by atoms with Crippen LogP contribution in [0.3, 0.4) is 0 Å². The quantitative estimate of drug-likeness (QED) is 0.721. The lowest BCUT2D eigenvalue weighted by molar-refractivity contribution is 0.246. The highest BCUT2D eigenvalue weighted by Crippen LogP contribution is 2.27.